The van der Waals surface area contributed by atoms with E-state index in [0.717, 1.165) is 18.0 Å². The van der Waals surface area contributed by atoms with Gasteiger partial charge in [-0.05, 0) is 37.7 Å². The Morgan fingerprint density at radius 2 is 2.17 bits per heavy atom. The molecule has 2 heterocycles. The Kier molecular flexibility index (Phi) is 3.20. The van der Waals surface area contributed by atoms with Crippen LogP contribution in [0.3, 0.4) is 0 Å². The van der Waals surface area contributed by atoms with Crippen molar-refractivity contribution < 1.29 is 4.79 Å². The van der Waals surface area contributed by atoms with Gasteiger partial charge in [0.05, 0.1) is 6.04 Å². The van der Waals surface area contributed by atoms with Crippen molar-refractivity contribution in [1.82, 2.24) is 15.1 Å². The Morgan fingerprint density at radius 3 is 2.94 bits per heavy atom. The number of nitrogens with one attached hydrogen (secondary N) is 1. The third-order valence-electron chi connectivity index (χ3n) is 4.54. The highest BCUT2D eigenvalue weighted by Crippen LogP contribution is 2.32. The van der Waals surface area contributed by atoms with Gasteiger partial charge in [-0.25, -0.2) is 0 Å². The molecule has 98 valence electrons. The SMILES string of the molecule is Cn1nccc1C(=O)C1CCC2CCCCC2N1. The molecule has 18 heavy (non-hydrogen) atoms. The van der Waals surface area contributed by atoms with E-state index >= 15 is 0 Å². The molecule has 1 aromatic rings. The Balaban J connectivity index is 1.70. The van der Waals surface area contributed by atoms with E-state index in [4.69, 9.17) is 0 Å². The van der Waals surface area contributed by atoms with E-state index in [1.807, 2.05) is 13.1 Å². The lowest BCUT2D eigenvalue weighted by Gasteiger charge is -2.39. The molecule has 0 radical (unpaired) electrons. The summed E-state index contributed by atoms with van der Waals surface area (Å²) in [5.74, 6) is 1.01. The van der Waals surface area contributed by atoms with Crippen LogP contribution >= 0.6 is 0 Å². The van der Waals surface area contributed by atoms with Crippen LogP contribution in [0.1, 0.15) is 49.0 Å². The third-order valence-corrected chi connectivity index (χ3v) is 4.54. The molecule has 4 heteroatoms. The predicted molar refractivity (Wildman–Crippen MR) is 69.4 cm³/mol. The van der Waals surface area contributed by atoms with Crippen molar-refractivity contribution in [2.75, 3.05) is 0 Å². The number of aromatic nitrogens is 2. The lowest BCUT2D eigenvalue weighted by Crippen LogP contribution is -2.52. The van der Waals surface area contributed by atoms with Crippen LogP contribution in [0.4, 0.5) is 0 Å². The van der Waals surface area contributed by atoms with Crippen LogP contribution in [0.15, 0.2) is 12.3 Å². The second-order valence-corrected chi connectivity index (χ2v) is 5.65. The molecule has 4 nitrogen and oxygen atoms in total. The molecule has 0 amide bonds. The molecule has 0 bridgehead atoms. The summed E-state index contributed by atoms with van der Waals surface area (Å²) in [6, 6.07) is 2.38. The molecular formula is C14H21N3O. The summed E-state index contributed by atoms with van der Waals surface area (Å²) in [5, 5.41) is 7.66. The van der Waals surface area contributed by atoms with Crippen molar-refractivity contribution in [3.05, 3.63) is 18.0 Å². The number of carbonyl (C=O) groups is 1. The highest BCUT2D eigenvalue weighted by atomic mass is 16.1. The van der Waals surface area contributed by atoms with Gasteiger partial charge in [0, 0.05) is 19.3 Å². The summed E-state index contributed by atoms with van der Waals surface area (Å²) < 4.78 is 1.68. The number of rotatable bonds is 2. The minimum Gasteiger partial charge on any atom is -0.304 e. The fourth-order valence-electron chi connectivity index (χ4n) is 3.50. The minimum absolute atomic E-state index is 0.000231. The van der Waals surface area contributed by atoms with Gasteiger partial charge >= 0.3 is 0 Å². The number of Topliss-reactive ketones (excluding diaryl/α,β-unsaturated/α-hetero) is 1. The fourth-order valence-corrected chi connectivity index (χ4v) is 3.50. The highest BCUT2D eigenvalue weighted by molar-refractivity contribution is 5.98. The van der Waals surface area contributed by atoms with Crippen LogP contribution in [-0.4, -0.2) is 27.6 Å². The predicted octanol–water partition coefficient (Wildman–Crippen LogP) is 1.91. The topological polar surface area (TPSA) is 46.9 Å². The molecule has 1 saturated carbocycles. The number of aryl methyl sites for hydroxylation is 1. The average molecular weight is 247 g/mol. The van der Waals surface area contributed by atoms with Gasteiger partial charge in [-0.1, -0.05) is 12.8 Å². The summed E-state index contributed by atoms with van der Waals surface area (Å²) in [4.78, 5) is 12.4. The zero-order valence-corrected chi connectivity index (χ0v) is 10.9. The molecular weight excluding hydrogens is 226 g/mol. The van der Waals surface area contributed by atoms with Gasteiger partial charge < -0.3 is 5.32 Å². The quantitative estimate of drug-likeness (QED) is 0.812. The van der Waals surface area contributed by atoms with Gasteiger partial charge in [-0.2, -0.15) is 5.10 Å². The van der Waals surface area contributed by atoms with Crippen molar-refractivity contribution >= 4 is 5.78 Å². The Labute approximate surface area is 108 Å². The molecule has 0 spiro atoms. The number of hydrogen-bond acceptors (Lipinski definition) is 3. The number of carbonyl (C=O) groups excluding carboxylic acids is 1. The van der Waals surface area contributed by atoms with E-state index in [0.29, 0.717) is 6.04 Å². The summed E-state index contributed by atoms with van der Waals surface area (Å²) in [6.07, 6.45) is 9.12. The summed E-state index contributed by atoms with van der Waals surface area (Å²) in [6.45, 7) is 0. The maximum Gasteiger partial charge on any atom is 0.197 e. The van der Waals surface area contributed by atoms with Gasteiger partial charge in [-0.15, -0.1) is 0 Å². The first-order chi connectivity index (χ1) is 8.75. The summed E-state index contributed by atoms with van der Waals surface area (Å²) in [5.41, 5.74) is 0.724. The zero-order chi connectivity index (χ0) is 12.5. The van der Waals surface area contributed by atoms with Gasteiger partial charge in [-0.3, -0.25) is 9.48 Å². The van der Waals surface area contributed by atoms with Gasteiger partial charge in [0.1, 0.15) is 5.69 Å². The Bertz CT molecular complexity index is 440. The molecule has 2 fully saturated rings. The standard InChI is InChI=1S/C14H21N3O/c1-17-13(8-9-15-17)14(18)12-7-6-10-4-2-3-5-11(10)16-12/h8-12,16H,2-7H2,1H3. The van der Waals surface area contributed by atoms with E-state index in [9.17, 15) is 4.79 Å². The first kappa shape index (κ1) is 11.9. The highest BCUT2D eigenvalue weighted by Gasteiger charge is 2.35. The van der Waals surface area contributed by atoms with E-state index < -0.39 is 0 Å². The molecule has 3 atom stereocenters. The molecule has 1 saturated heterocycles. The number of ketones is 1. The van der Waals surface area contributed by atoms with Crippen LogP contribution in [0.5, 0.6) is 0 Å². The van der Waals surface area contributed by atoms with Gasteiger partial charge in [0.15, 0.2) is 5.78 Å². The maximum atomic E-state index is 12.4. The number of nitrogens with zero attached hydrogens (tertiary/aromatic N) is 2. The Hall–Kier alpha value is -1.16. The molecule has 1 aliphatic carbocycles. The van der Waals surface area contributed by atoms with Gasteiger partial charge in [0.25, 0.3) is 0 Å². The van der Waals surface area contributed by atoms with E-state index in [1.54, 1.807) is 10.9 Å². The maximum absolute atomic E-state index is 12.4. The second kappa shape index (κ2) is 4.84. The van der Waals surface area contributed by atoms with E-state index in [1.165, 1.54) is 32.1 Å². The molecule has 3 rings (SSSR count). The normalized spacial score (nSPS) is 31.9. The molecule has 1 aliphatic heterocycles. The molecule has 2 aliphatic rings. The van der Waals surface area contributed by atoms with Gasteiger partial charge in [0.2, 0.25) is 0 Å². The summed E-state index contributed by atoms with van der Waals surface area (Å²) in [7, 11) is 1.83. The van der Waals surface area contributed by atoms with Crippen molar-refractivity contribution in [2.24, 2.45) is 13.0 Å². The van der Waals surface area contributed by atoms with Crippen LogP contribution in [0.2, 0.25) is 0 Å². The number of fused-ring (bicyclic) bond motifs is 1. The van der Waals surface area contributed by atoms with Crippen molar-refractivity contribution in [1.29, 1.82) is 0 Å². The first-order valence-electron chi connectivity index (χ1n) is 7.04. The molecule has 3 unspecified atom stereocenters. The lowest BCUT2D eigenvalue weighted by atomic mass is 9.77. The van der Waals surface area contributed by atoms with Crippen LogP contribution in [-0.2, 0) is 7.05 Å². The monoisotopic (exact) mass is 247 g/mol. The van der Waals surface area contributed by atoms with E-state index in [-0.39, 0.29) is 11.8 Å². The van der Waals surface area contributed by atoms with Crippen LogP contribution in [0, 0.1) is 5.92 Å². The van der Waals surface area contributed by atoms with Crippen LogP contribution < -0.4 is 5.32 Å². The molecule has 0 aromatic carbocycles. The largest absolute Gasteiger partial charge is 0.304 e. The molecule has 1 aromatic heterocycles. The number of hydrogen-bond donors (Lipinski definition) is 1. The van der Waals surface area contributed by atoms with Crippen LogP contribution in [0.25, 0.3) is 0 Å². The lowest BCUT2D eigenvalue weighted by molar-refractivity contribution is 0.0852. The average Bonchev–Trinajstić information content (AvgIpc) is 2.83. The minimum atomic E-state index is -0.000231. The summed E-state index contributed by atoms with van der Waals surface area (Å²) >= 11 is 0. The number of piperidine rings is 1. The zero-order valence-electron chi connectivity index (χ0n) is 10.9. The van der Waals surface area contributed by atoms with Crippen molar-refractivity contribution in [3.63, 3.8) is 0 Å². The fraction of sp³-hybridized carbons (Fsp3) is 0.714. The Morgan fingerprint density at radius 1 is 1.33 bits per heavy atom. The molecule has 1 N–H and O–H groups in total. The van der Waals surface area contributed by atoms with Crippen molar-refractivity contribution in [3.8, 4) is 0 Å². The van der Waals surface area contributed by atoms with Crippen molar-refractivity contribution in [2.45, 2.75) is 50.6 Å². The smallest absolute Gasteiger partial charge is 0.197 e. The second-order valence-electron chi connectivity index (χ2n) is 5.65. The first-order valence-corrected chi connectivity index (χ1v) is 7.04. The third kappa shape index (κ3) is 2.09. The van der Waals surface area contributed by atoms with E-state index in [2.05, 4.69) is 10.4 Å².